The molecule has 0 radical (unpaired) electrons. The van der Waals surface area contributed by atoms with E-state index in [2.05, 4.69) is 13.8 Å². The third-order valence-electron chi connectivity index (χ3n) is 0.412. The Hall–Kier alpha value is 0.150. The second-order valence-electron chi connectivity index (χ2n) is 1.69. The molecule has 13 heavy (non-hydrogen) atoms. The minimum atomic E-state index is -3.65. The lowest BCUT2D eigenvalue weighted by atomic mass is 10.6. The maximum absolute atomic E-state index is 9.69. The van der Waals surface area contributed by atoms with Crippen LogP contribution in [0.3, 0.4) is 0 Å². The van der Waals surface area contributed by atoms with Crippen molar-refractivity contribution in [2.24, 2.45) is 0 Å². The summed E-state index contributed by atoms with van der Waals surface area (Å²) < 4.78 is 9.69. The standard InChI is InChI=1S/C3H8.C2H7O3P.4CH4/c1-3-2;1-2-6(3,4)5;;;;/h3H2,1-2H3;2H2,1H3,(H2,3,4,5);4*1H4. The summed E-state index contributed by atoms with van der Waals surface area (Å²) >= 11 is 0. The molecule has 0 aromatic rings. The molecule has 0 aromatic carbocycles. The minimum Gasteiger partial charge on any atom is -0.324 e. The van der Waals surface area contributed by atoms with Gasteiger partial charge >= 0.3 is 7.60 Å². The molecular weight excluding hydrogens is 187 g/mol. The van der Waals surface area contributed by atoms with Gasteiger partial charge in [-0.15, -0.1) is 0 Å². The summed E-state index contributed by atoms with van der Waals surface area (Å²) in [7, 11) is -3.65. The second-order valence-corrected chi connectivity index (χ2v) is 3.65. The summed E-state index contributed by atoms with van der Waals surface area (Å²) in [5.41, 5.74) is 0. The summed E-state index contributed by atoms with van der Waals surface area (Å²) in [4.78, 5) is 15.9. The summed E-state index contributed by atoms with van der Waals surface area (Å²) in [6.07, 6.45) is 1.19. The van der Waals surface area contributed by atoms with Crippen LogP contribution in [0, 0.1) is 0 Å². The van der Waals surface area contributed by atoms with Crippen LogP contribution in [0.2, 0.25) is 0 Å². The van der Waals surface area contributed by atoms with Crippen LogP contribution in [0.1, 0.15) is 56.9 Å². The topological polar surface area (TPSA) is 57.5 Å². The van der Waals surface area contributed by atoms with Gasteiger partial charge in [-0.1, -0.05) is 56.9 Å². The second kappa shape index (κ2) is 22.7. The largest absolute Gasteiger partial charge is 0.325 e. The molecule has 0 aliphatic heterocycles. The van der Waals surface area contributed by atoms with Crippen LogP contribution in [0.5, 0.6) is 0 Å². The molecule has 2 N–H and O–H groups in total. The molecule has 0 bridgehead atoms. The molecule has 90 valence electrons. The van der Waals surface area contributed by atoms with E-state index in [1.807, 2.05) is 0 Å². The fourth-order valence-electron chi connectivity index (χ4n) is 0. The molecule has 0 aliphatic carbocycles. The molecule has 0 aliphatic rings. The lowest BCUT2D eigenvalue weighted by Gasteiger charge is -1.92. The highest BCUT2D eigenvalue weighted by Gasteiger charge is 2.05. The molecule has 0 aromatic heterocycles. The Morgan fingerprint density at radius 1 is 0.923 bits per heavy atom. The lowest BCUT2D eigenvalue weighted by molar-refractivity contribution is 0.375. The predicted octanol–water partition coefficient (Wildman–Crippen LogP) is 4.14. The molecule has 0 saturated heterocycles. The summed E-state index contributed by atoms with van der Waals surface area (Å²) in [6.45, 7) is 5.70. The first kappa shape index (κ1) is 38.0. The fourth-order valence-corrected chi connectivity index (χ4v) is 0. The van der Waals surface area contributed by atoms with Gasteiger partial charge in [0.2, 0.25) is 0 Å². The SMILES string of the molecule is C.C.C.C.CCC.CCP(=O)(O)O. The smallest absolute Gasteiger partial charge is 0.324 e. The quantitative estimate of drug-likeness (QED) is 0.650. The Morgan fingerprint density at radius 2 is 1.00 bits per heavy atom. The zero-order valence-electron chi connectivity index (χ0n) is 6.16. The molecule has 0 rings (SSSR count). The molecule has 0 saturated carbocycles. The molecule has 3 nitrogen and oxygen atoms in total. The molecule has 0 heterocycles. The Bertz CT molecular complexity index is 88.9. The van der Waals surface area contributed by atoms with E-state index in [1.54, 1.807) is 0 Å². The Kier molecular flexibility index (Phi) is 66.4. The molecule has 0 unspecified atom stereocenters. The van der Waals surface area contributed by atoms with Gasteiger partial charge in [-0.05, 0) is 0 Å². The van der Waals surface area contributed by atoms with Crippen molar-refractivity contribution in [1.29, 1.82) is 0 Å². The van der Waals surface area contributed by atoms with Gasteiger partial charge in [-0.3, -0.25) is 4.57 Å². The van der Waals surface area contributed by atoms with E-state index < -0.39 is 7.60 Å². The van der Waals surface area contributed by atoms with Crippen molar-refractivity contribution in [3.63, 3.8) is 0 Å². The van der Waals surface area contributed by atoms with Gasteiger partial charge in [-0.2, -0.15) is 0 Å². The van der Waals surface area contributed by atoms with Crippen molar-refractivity contribution in [1.82, 2.24) is 0 Å². The number of rotatable bonds is 1. The van der Waals surface area contributed by atoms with Gasteiger partial charge in [0, 0.05) is 6.16 Å². The van der Waals surface area contributed by atoms with Crippen LogP contribution in [0.15, 0.2) is 0 Å². The molecule has 0 amide bonds. The normalized spacial score (nSPS) is 6.85. The van der Waals surface area contributed by atoms with Gasteiger partial charge in [-0.25, -0.2) is 0 Å². The molecule has 0 fully saturated rings. The van der Waals surface area contributed by atoms with E-state index in [9.17, 15) is 4.57 Å². The van der Waals surface area contributed by atoms with E-state index in [-0.39, 0.29) is 35.9 Å². The van der Waals surface area contributed by atoms with E-state index in [0.29, 0.717) is 0 Å². The first-order chi connectivity index (χ1) is 3.97. The average Bonchev–Trinajstić information content (AvgIpc) is 1.67. The van der Waals surface area contributed by atoms with Crippen molar-refractivity contribution in [3.8, 4) is 0 Å². The van der Waals surface area contributed by atoms with Crippen molar-refractivity contribution in [2.45, 2.75) is 56.9 Å². The third-order valence-corrected chi connectivity index (χ3v) is 1.24. The Balaban J connectivity index is -0.0000000160. The van der Waals surface area contributed by atoms with Gasteiger partial charge in [0.05, 0.1) is 0 Å². The molecule has 0 atom stereocenters. The highest BCUT2D eigenvalue weighted by Crippen LogP contribution is 2.32. The highest BCUT2D eigenvalue weighted by atomic mass is 31.2. The zero-order valence-corrected chi connectivity index (χ0v) is 7.06. The van der Waals surface area contributed by atoms with Crippen molar-refractivity contribution < 1.29 is 14.4 Å². The summed E-state index contributed by atoms with van der Waals surface area (Å²) in [6, 6.07) is 0. The van der Waals surface area contributed by atoms with Crippen LogP contribution in [-0.4, -0.2) is 15.9 Å². The Morgan fingerprint density at radius 3 is 1.00 bits per heavy atom. The molecule has 0 spiro atoms. The van der Waals surface area contributed by atoms with Gasteiger partial charge in [0.15, 0.2) is 0 Å². The summed E-state index contributed by atoms with van der Waals surface area (Å²) in [5, 5.41) is 0. The lowest BCUT2D eigenvalue weighted by Crippen LogP contribution is -1.76. The van der Waals surface area contributed by atoms with Crippen LogP contribution >= 0.6 is 7.60 Å². The van der Waals surface area contributed by atoms with Crippen molar-refractivity contribution in [2.75, 3.05) is 6.16 Å². The Labute approximate surface area is 85.7 Å². The first-order valence-corrected chi connectivity index (χ1v) is 4.82. The fraction of sp³-hybridized carbons (Fsp3) is 1.00. The first-order valence-electron chi connectivity index (χ1n) is 3.02. The van der Waals surface area contributed by atoms with E-state index >= 15 is 0 Å². The number of hydrogen-bond acceptors (Lipinski definition) is 1. The van der Waals surface area contributed by atoms with Gasteiger partial charge in [0.25, 0.3) is 0 Å². The average molecular weight is 218 g/mol. The minimum absolute atomic E-state index is 0. The van der Waals surface area contributed by atoms with Crippen molar-refractivity contribution >= 4 is 7.60 Å². The third kappa shape index (κ3) is 126. The zero-order chi connectivity index (χ0) is 7.91. The monoisotopic (exact) mass is 218 g/mol. The van der Waals surface area contributed by atoms with Crippen LogP contribution in [-0.2, 0) is 4.57 Å². The van der Waals surface area contributed by atoms with Crippen LogP contribution < -0.4 is 0 Å². The summed E-state index contributed by atoms with van der Waals surface area (Å²) in [5.74, 6) is 0. The van der Waals surface area contributed by atoms with Gasteiger partial charge < -0.3 is 9.79 Å². The van der Waals surface area contributed by atoms with E-state index in [0.717, 1.165) is 0 Å². The van der Waals surface area contributed by atoms with Crippen LogP contribution in [0.4, 0.5) is 0 Å². The van der Waals surface area contributed by atoms with E-state index in [1.165, 1.54) is 13.3 Å². The van der Waals surface area contributed by atoms with Crippen LogP contribution in [0.25, 0.3) is 0 Å². The maximum atomic E-state index is 9.69. The van der Waals surface area contributed by atoms with Gasteiger partial charge in [0.1, 0.15) is 0 Å². The molecule has 4 heteroatoms. The predicted molar refractivity (Wildman–Crippen MR) is 65.5 cm³/mol. The maximum Gasteiger partial charge on any atom is 0.325 e. The van der Waals surface area contributed by atoms with Crippen molar-refractivity contribution in [3.05, 3.63) is 0 Å². The molecular formula is C9H31O3P. The van der Waals surface area contributed by atoms with E-state index in [4.69, 9.17) is 9.79 Å². The number of hydrogen-bond donors (Lipinski definition) is 2. The highest BCUT2D eigenvalue weighted by molar-refractivity contribution is 7.51.